The van der Waals surface area contributed by atoms with Gasteiger partial charge in [-0.15, -0.1) is 0 Å². The van der Waals surface area contributed by atoms with Crippen LogP contribution in [0.4, 0.5) is 38.9 Å². The summed E-state index contributed by atoms with van der Waals surface area (Å²) in [6.07, 6.45) is 2.10. The highest BCUT2D eigenvalue weighted by molar-refractivity contribution is 6.32. The Bertz CT molecular complexity index is 2680. The van der Waals surface area contributed by atoms with E-state index in [9.17, 15) is 25.0 Å². The fourth-order valence-electron chi connectivity index (χ4n) is 7.72. The minimum Gasteiger partial charge on any atom is -0.497 e. The third-order valence-electron chi connectivity index (χ3n) is 11.9. The van der Waals surface area contributed by atoms with E-state index in [0.717, 1.165) is 40.4 Å². The van der Waals surface area contributed by atoms with Crippen LogP contribution in [0.3, 0.4) is 0 Å². The number of benzene rings is 6. The number of hydrogen-bond donors (Lipinski definition) is 3. The Morgan fingerprint density at radius 2 is 1.06 bits per heavy atom. The van der Waals surface area contributed by atoms with Crippen LogP contribution in [-0.2, 0) is 38.8 Å². The zero-order chi connectivity index (χ0) is 51.7. The molecule has 6 rings (SSSR count). The van der Waals surface area contributed by atoms with Crippen LogP contribution in [0.5, 0.6) is 11.5 Å². The monoisotopic (exact) mass is 992 g/mol. The molecule has 0 spiro atoms. The summed E-state index contributed by atoms with van der Waals surface area (Å²) in [5, 5.41) is 29.5. The van der Waals surface area contributed by atoms with E-state index in [0.29, 0.717) is 82.8 Å². The molecule has 0 aliphatic heterocycles. The number of nitro groups is 2. The average Bonchev–Trinajstić information content (AvgIpc) is 3.35. The van der Waals surface area contributed by atoms with Gasteiger partial charge in [0.25, 0.3) is 11.4 Å². The first-order chi connectivity index (χ1) is 33.4. The Hall–Kier alpha value is -6.83. The summed E-state index contributed by atoms with van der Waals surface area (Å²) in [6, 6.07) is 34.5. The van der Waals surface area contributed by atoms with E-state index >= 15 is 0 Å². The standard InChI is InChI=1S/C28H32ClN3O4.C17H21NO.C10H13ClN2O2/c1-6-23-25(29)16-26(32(34)35)24(7-2)27(23)30-28(33)31(17-19-8-14-22(36-5)15-9-19)21-12-10-20(11-13-21)18(3)4;1-13(2)15-6-8-16(9-7-15)18-12-14-4-10-17(19-3)11-5-14;1-3-6-8(11)5-9(13(14)15)7(4-2)10(6)12/h8-16,18H,6-7,17H2,1-5H3,(H,30,33);4-11,13,18H,12H2,1-3H3;5H,3-4,12H2,1-2H3. The molecule has 0 aliphatic rings. The van der Waals surface area contributed by atoms with Gasteiger partial charge in [0.2, 0.25) is 0 Å². The fourth-order valence-corrected chi connectivity index (χ4v) is 8.39. The predicted molar refractivity (Wildman–Crippen MR) is 288 cm³/mol. The molecule has 0 bridgehead atoms. The number of nitrogen functional groups attached to an aromatic ring is 1. The lowest BCUT2D eigenvalue weighted by molar-refractivity contribution is -0.385. The van der Waals surface area contributed by atoms with Gasteiger partial charge in [-0.3, -0.25) is 25.1 Å². The number of methoxy groups -OCH3 is 2. The van der Waals surface area contributed by atoms with E-state index in [1.54, 1.807) is 19.1 Å². The number of carbonyl (C=O) groups excluding carboxylic acids is 1. The SMILES string of the molecule is CCc1c(Cl)cc([N+](=O)[O-])c(CC)c1N.CCc1c(Cl)cc([N+](=O)[O-])c(CC)c1NC(=O)N(Cc1ccc(OC)cc1)c1ccc(C(C)C)cc1.COc1ccc(CNc2ccc(C(C)C)cc2)cc1. The Morgan fingerprint density at radius 3 is 1.49 bits per heavy atom. The first kappa shape index (κ1) is 55.8. The smallest absolute Gasteiger partial charge is 0.326 e. The predicted octanol–water partition coefficient (Wildman–Crippen LogP) is 15.1. The third-order valence-corrected chi connectivity index (χ3v) is 12.5. The second-order valence-corrected chi connectivity index (χ2v) is 17.8. The van der Waals surface area contributed by atoms with Crippen molar-refractivity contribution in [2.24, 2.45) is 0 Å². The van der Waals surface area contributed by atoms with E-state index in [1.165, 1.54) is 23.3 Å². The number of nitrogens with zero attached hydrogens (tertiary/aromatic N) is 3. The van der Waals surface area contributed by atoms with Gasteiger partial charge in [-0.05, 0) is 119 Å². The highest BCUT2D eigenvalue weighted by atomic mass is 35.5. The molecule has 15 heteroatoms. The van der Waals surface area contributed by atoms with Crippen molar-refractivity contribution in [3.63, 3.8) is 0 Å². The molecule has 0 aromatic heterocycles. The lowest BCUT2D eigenvalue weighted by atomic mass is 10.0. The number of rotatable bonds is 17. The van der Waals surface area contributed by atoms with Crippen LogP contribution in [0.2, 0.25) is 10.0 Å². The van der Waals surface area contributed by atoms with Crippen molar-refractivity contribution in [1.29, 1.82) is 0 Å². The Morgan fingerprint density at radius 1 is 0.629 bits per heavy atom. The lowest BCUT2D eigenvalue weighted by Crippen LogP contribution is -2.35. The molecule has 70 heavy (non-hydrogen) atoms. The van der Waals surface area contributed by atoms with Crippen molar-refractivity contribution in [1.82, 2.24) is 0 Å². The van der Waals surface area contributed by atoms with E-state index in [4.69, 9.17) is 38.4 Å². The molecular formula is C55H66Cl2N6O7. The van der Waals surface area contributed by atoms with Gasteiger partial charge in [-0.25, -0.2) is 4.79 Å². The Kier molecular flexibility index (Phi) is 21.3. The number of hydrogen-bond acceptors (Lipinski definition) is 9. The maximum absolute atomic E-state index is 13.8. The summed E-state index contributed by atoms with van der Waals surface area (Å²) in [5.41, 5.74) is 15.7. The maximum atomic E-state index is 13.8. The Labute approximate surface area is 422 Å². The van der Waals surface area contributed by atoms with Gasteiger partial charge in [-0.2, -0.15) is 0 Å². The van der Waals surface area contributed by atoms with Crippen LogP contribution in [0.1, 0.15) is 112 Å². The van der Waals surface area contributed by atoms with Crippen LogP contribution < -0.4 is 30.7 Å². The highest BCUT2D eigenvalue weighted by Crippen LogP contribution is 2.38. The number of anilines is 4. The normalized spacial score (nSPS) is 10.7. The molecule has 0 atom stereocenters. The lowest BCUT2D eigenvalue weighted by Gasteiger charge is -2.26. The minimum absolute atomic E-state index is 0.0113. The first-order valence-electron chi connectivity index (χ1n) is 23.4. The van der Waals surface area contributed by atoms with E-state index in [1.807, 2.05) is 88.4 Å². The molecule has 13 nitrogen and oxygen atoms in total. The van der Waals surface area contributed by atoms with Gasteiger partial charge in [0.15, 0.2) is 0 Å². The van der Waals surface area contributed by atoms with Gasteiger partial charge < -0.3 is 25.8 Å². The van der Waals surface area contributed by atoms with Crippen molar-refractivity contribution < 1.29 is 24.1 Å². The van der Waals surface area contributed by atoms with Gasteiger partial charge in [0.05, 0.1) is 57.5 Å². The summed E-state index contributed by atoms with van der Waals surface area (Å²) in [5.74, 6) is 2.55. The summed E-state index contributed by atoms with van der Waals surface area (Å²) in [7, 11) is 3.29. The van der Waals surface area contributed by atoms with Crippen LogP contribution >= 0.6 is 23.2 Å². The second-order valence-electron chi connectivity index (χ2n) is 17.0. The van der Waals surface area contributed by atoms with Crippen molar-refractivity contribution in [2.75, 3.05) is 35.5 Å². The molecule has 0 aliphatic carbocycles. The van der Waals surface area contributed by atoms with Crippen molar-refractivity contribution >= 4 is 63.4 Å². The minimum atomic E-state index is -0.459. The first-order valence-corrected chi connectivity index (χ1v) is 24.2. The van der Waals surface area contributed by atoms with Crippen molar-refractivity contribution in [2.45, 2.75) is 106 Å². The number of carbonyl (C=O) groups is 1. The van der Waals surface area contributed by atoms with Gasteiger partial charge in [-0.1, -0.05) is 127 Å². The summed E-state index contributed by atoms with van der Waals surface area (Å²) in [6.45, 7) is 17.2. The highest BCUT2D eigenvalue weighted by Gasteiger charge is 2.26. The summed E-state index contributed by atoms with van der Waals surface area (Å²) >= 11 is 12.3. The molecule has 0 saturated carbocycles. The molecule has 0 fully saturated rings. The van der Waals surface area contributed by atoms with Gasteiger partial charge in [0.1, 0.15) is 11.5 Å². The van der Waals surface area contributed by atoms with Crippen molar-refractivity contribution in [3.8, 4) is 11.5 Å². The maximum Gasteiger partial charge on any atom is 0.326 e. The molecular weight excluding hydrogens is 928 g/mol. The van der Waals surface area contributed by atoms with Crippen LogP contribution in [-0.4, -0.2) is 30.1 Å². The largest absolute Gasteiger partial charge is 0.497 e. The number of nitrogens with one attached hydrogen (secondary N) is 2. The number of nitro benzene ring substituents is 2. The molecule has 6 aromatic carbocycles. The number of nitrogens with two attached hydrogens (primary N) is 1. The van der Waals surface area contributed by atoms with Crippen LogP contribution in [0, 0.1) is 20.2 Å². The van der Waals surface area contributed by atoms with Gasteiger partial charge >= 0.3 is 6.03 Å². The third kappa shape index (κ3) is 14.8. The molecule has 6 aromatic rings. The van der Waals surface area contributed by atoms with E-state index in [-0.39, 0.29) is 16.4 Å². The molecule has 0 saturated heterocycles. The number of halogens is 2. The summed E-state index contributed by atoms with van der Waals surface area (Å²) in [4.78, 5) is 37.0. The zero-order valence-corrected chi connectivity index (χ0v) is 43.3. The Balaban J connectivity index is 0.000000260. The number of urea groups is 1. The van der Waals surface area contributed by atoms with Gasteiger partial charge in [0, 0.05) is 35.7 Å². The van der Waals surface area contributed by atoms with E-state index < -0.39 is 15.9 Å². The fraction of sp³-hybridized carbons (Fsp3) is 0.327. The second kappa shape index (κ2) is 26.8. The molecule has 2 amide bonds. The topological polar surface area (TPSA) is 175 Å². The molecule has 0 unspecified atom stereocenters. The van der Waals surface area contributed by atoms with E-state index in [2.05, 4.69) is 74.7 Å². The molecule has 0 heterocycles. The molecule has 4 N–H and O–H groups in total. The molecule has 372 valence electrons. The quantitative estimate of drug-likeness (QED) is 0.0456. The number of ether oxygens (including phenoxy) is 2. The average molecular weight is 994 g/mol. The zero-order valence-electron chi connectivity index (χ0n) is 41.8. The summed E-state index contributed by atoms with van der Waals surface area (Å²) < 4.78 is 10.4. The van der Waals surface area contributed by atoms with Crippen LogP contribution in [0.15, 0.2) is 109 Å². The van der Waals surface area contributed by atoms with Crippen molar-refractivity contribution in [3.05, 3.63) is 184 Å². The molecule has 0 radical (unpaired) electrons. The number of amides is 2. The van der Waals surface area contributed by atoms with Crippen LogP contribution in [0.25, 0.3) is 0 Å².